The van der Waals surface area contributed by atoms with Gasteiger partial charge in [-0.25, -0.2) is 4.79 Å². The number of aliphatic hydroxyl groups excluding tert-OH is 1. The van der Waals surface area contributed by atoms with Gasteiger partial charge in [0.1, 0.15) is 5.75 Å². The van der Waals surface area contributed by atoms with Gasteiger partial charge in [-0.1, -0.05) is 48.5 Å². The highest BCUT2D eigenvalue weighted by molar-refractivity contribution is 6.06. The van der Waals surface area contributed by atoms with E-state index >= 15 is 0 Å². The molecule has 3 N–H and O–H groups in total. The lowest BCUT2D eigenvalue weighted by Crippen LogP contribution is -2.26. The van der Waals surface area contributed by atoms with Gasteiger partial charge in [-0.3, -0.25) is 5.32 Å². The van der Waals surface area contributed by atoms with Gasteiger partial charge in [0.05, 0.1) is 5.71 Å². The minimum Gasteiger partial charge on any atom is -0.494 e. The van der Waals surface area contributed by atoms with Crippen molar-refractivity contribution < 1.29 is 14.6 Å². The predicted molar refractivity (Wildman–Crippen MR) is 79.6 cm³/mol. The summed E-state index contributed by atoms with van der Waals surface area (Å²) in [5, 5.41) is 19.6. The van der Waals surface area contributed by atoms with Crippen molar-refractivity contribution in [3.8, 4) is 5.75 Å². The molecule has 2 aromatic carbocycles. The van der Waals surface area contributed by atoms with Gasteiger partial charge in [0.25, 0.3) is 0 Å². The van der Waals surface area contributed by atoms with Crippen LogP contribution >= 0.6 is 0 Å². The standard InChI is InChI=1S/C16H14N2O3/c17-14(12-7-3-1-4-8-12)11-15(19)18-16(20)21-13-9-5-2-6-10-13/h1-11,17,19H,(H,18,20)/b15-11-,17-14?. The summed E-state index contributed by atoms with van der Waals surface area (Å²) in [6.45, 7) is 0. The van der Waals surface area contributed by atoms with E-state index in [-0.39, 0.29) is 5.71 Å². The highest BCUT2D eigenvalue weighted by Gasteiger charge is 2.07. The summed E-state index contributed by atoms with van der Waals surface area (Å²) >= 11 is 0. The maximum atomic E-state index is 11.5. The molecule has 2 rings (SSSR count). The van der Waals surface area contributed by atoms with Crippen molar-refractivity contribution in [2.24, 2.45) is 0 Å². The number of nitrogens with one attached hydrogen (secondary N) is 2. The molecule has 5 nitrogen and oxygen atoms in total. The van der Waals surface area contributed by atoms with Crippen LogP contribution in [-0.4, -0.2) is 16.9 Å². The average Bonchev–Trinajstić information content (AvgIpc) is 2.48. The Kier molecular flexibility index (Phi) is 4.71. The van der Waals surface area contributed by atoms with E-state index in [1.54, 1.807) is 54.6 Å². The van der Waals surface area contributed by atoms with E-state index < -0.39 is 12.0 Å². The molecule has 2 aromatic rings. The molecule has 0 aliphatic rings. The van der Waals surface area contributed by atoms with Crippen LogP contribution < -0.4 is 10.1 Å². The third-order valence-corrected chi connectivity index (χ3v) is 2.55. The Hall–Kier alpha value is -3.08. The quantitative estimate of drug-likeness (QED) is 0.594. The highest BCUT2D eigenvalue weighted by Crippen LogP contribution is 2.08. The van der Waals surface area contributed by atoms with E-state index in [0.29, 0.717) is 11.3 Å². The summed E-state index contributed by atoms with van der Waals surface area (Å²) in [5.74, 6) is -0.0919. The number of rotatable bonds is 4. The van der Waals surface area contributed by atoms with Crippen LogP contribution in [0.3, 0.4) is 0 Å². The largest absolute Gasteiger partial charge is 0.494 e. The van der Waals surface area contributed by atoms with Crippen molar-refractivity contribution in [1.29, 1.82) is 5.41 Å². The smallest absolute Gasteiger partial charge is 0.419 e. The van der Waals surface area contributed by atoms with E-state index in [9.17, 15) is 9.90 Å². The second-order valence-electron chi connectivity index (χ2n) is 4.14. The first-order chi connectivity index (χ1) is 10.1. The molecular weight excluding hydrogens is 268 g/mol. The van der Waals surface area contributed by atoms with Gasteiger partial charge in [0.15, 0.2) is 5.88 Å². The number of ether oxygens (including phenoxy) is 1. The Morgan fingerprint density at radius 3 is 2.24 bits per heavy atom. The number of amides is 1. The van der Waals surface area contributed by atoms with Gasteiger partial charge in [-0.05, 0) is 17.7 Å². The zero-order valence-corrected chi connectivity index (χ0v) is 11.1. The minimum atomic E-state index is -0.823. The lowest BCUT2D eigenvalue weighted by molar-refractivity contribution is 0.196. The lowest BCUT2D eigenvalue weighted by atomic mass is 10.1. The van der Waals surface area contributed by atoms with Crippen LogP contribution in [0.1, 0.15) is 5.56 Å². The molecule has 0 aliphatic carbocycles. The normalized spacial score (nSPS) is 10.8. The van der Waals surface area contributed by atoms with Gasteiger partial charge < -0.3 is 15.3 Å². The topological polar surface area (TPSA) is 82.4 Å². The fourth-order valence-electron chi connectivity index (χ4n) is 1.60. The Morgan fingerprint density at radius 1 is 1.05 bits per heavy atom. The summed E-state index contributed by atoms with van der Waals surface area (Å²) in [6.07, 6.45) is 0.317. The highest BCUT2D eigenvalue weighted by atomic mass is 16.6. The molecule has 0 bridgehead atoms. The molecule has 0 spiro atoms. The molecule has 0 aromatic heterocycles. The van der Waals surface area contributed by atoms with E-state index in [1.807, 2.05) is 6.07 Å². The molecule has 0 atom stereocenters. The molecule has 0 fully saturated rings. The molecule has 106 valence electrons. The number of benzene rings is 2. The third kappa shape index (κ3) is 4.50. The summed E-state index contributed by atoms with van der Waals surface area (Å²) in [4.78, 5) is 11.5. The van der Waals surface area contributed by atoms with Crippen molar-refractivity contribution >= 4 is 11.8 Å². The van der Waals surface area contributed by atoms with Crippen LogP contribution in [0.4, 0.5) is 4.79 Å². The number of aliphatic hydroxyl groups is 1. The third-order valence-electron chi connectivity index (χ3n) is 2.55. The molecular formula is C16H14N2O3. The van der Waals surface area contributed by atoms with Gasteiger partial charge in [-0.2, -0.15) is 0 Å². The second-order valence-corrected chi connectivity index (χ2v) is 4.14. The second kappa shape index (κ2) is 6.91. The van der Waals surface area contributed by atoms with Crippen LogP contribution in [0.25, 0.3) is 0 Å². The van der Waals surface area contributed by atoms with Gasteiger partial charge in [0.2, 0.25) is 0 Å². The number of para-hydroxylation sites is 1. The molecule has 0 aliphatic heterocycles. The Bertz CT molecular complexity index is 652. The number of allylic oxidation sites excluding steroid dienone is 1. The predicted octanol–water partition coefficient (Wildman–Crippen LogP) is 3.24. The molecule has 0 radical (unpaired) electrons. The monoisotopic (exact) mass is 282 g/mol. The van der Waals surface area contributed by atoms with Crippen LogP contribution in [0.2, 0.25) is 0 Å². The van der Waals surface area contributed by atoms with Gasteiger partial charge in [0, 0.05) is 6.08 Å². The minimum absolute atomic E-state index is 0.0770. The fourth-order valence-corrected chi connectivity index (χ4v) is 1.60. The molecule has 0 saturated carbocycles. The van der Waals surface area contributed by atoms with Crippen molar-refractivity contribution in [3.05, 3.63) is 78.2 Å². The lowest BCUT2D eigenvalue weighted by Gasteiger charge is -2.06. The zero-order valence-electron chi connectivity index (χ0n) is 11.1. The first kappa shape index (κ1) is 14.3. The fraction of sp³-hybridized carbons (Fsp3) is 0. The van der Waals surface area contributed by atoms with Crippen molar-refractivity contribution in [1.82, 2.24) is 5.32 Å². The molecule has 0 heterocycles. The van der Waals surface area contributed by atoms with Gasteiger partial charge in [-0.15, -0.1) is 0 Å². The summed E-state index contributed by atoms with van der Waals surface area (Å²) < 4.78 is 4.95. The summed E-state index contributed by atoms with van der Waals surface area (Å²) in [5.41, 5.74) is 0.704. The molecule has 5 heteroatoms. The first-order valence-electron chi connectivity index (χ1n) is 6.23. The Labute approximate surface area is 122 Å². The Balaban J connectivity index is 1.94. The van der Waals surface area contributed by atoms with Crippen LogP contribution in [-0.2, 0) is 0 Å². The van der Waals surface area contributed by atoms with Gasteiger partial charge >= 0.3 is 6.09 Å². The Morgan fingerprint density at radius 2 is 1.62 bits per heavy atom. The van der Waals surface area contributed by atoms with Crippen molar-refractivity contribution in [2.75, 3.05) is 0 Å². The molecule has 0 saturated heterocycles. The number of hydrogen-bond acceptors (Lipinski definition) is 4. The van der Waals surface area contributed by atoms with Crippen LogP contribution in [0.5, 0.6) is 5.75 Å². The number of carbonyl (C=O) groups is 1. The maximum Gasteiger partial charge on any atom is 0.419 e. The SMILES string of the molecule is N=C(/C=C(\O)NC(=O)Oc1ccccc1)c1ccccc1. The van der Waals surface area contributed by atoms with E-state index in [4.69, 9.17) is 10.1 Å². The first-order valence-corrected chi connectivity index (χ1v) is 6.23. The van der Waals surface area contributed by atoms with E-state index in [1.165, 1.54) is 0 Å². The van der Waals surface area contributed by atoms with E-state index in [0.717, 1.165) is 6.08 Å². The molecule has 1 amide bonds. The zero-order chi connectivity index (χ0) is 15.1. The molecule has 21 heavy (non-hydrogen) atoms. The summed E-state index contributed by atoms with van der Waals surface area (Å²) in [6, 6.07) is 17.3. The van der Waals surface area contributed by atoms with E-state index in [2.05, 4.69) is 5.32 Å². The van der Waals surface area contributed by atoms with Crippen LogP contribution in [0.15, 0.2) is 72.6 Å². The molecule has 0 unspecified atom stereocenters. The number of hydrogen-bond donors (Lipinski definition) is 3. The maximum absolute atomic E-state index is 11.5. The van der Waals surface area contributed by atoms with Crippen molar-refractivity contribution in [2.45, 2.75) is 0 Å². The average molecular weight is 282 g/mol. The van der Waals surface area contributed by atoms with Crippen molar-refractivity contribution in [3.63, 3.8) is 0 Å². The summed E-state index contributed by atoms with van der Waals surface area (Å²) in [7, 11) is 0. The number of carbonyl (C=O) groups excluding carboxylic acids is 1. The van der Waals surface area contributed by atoms with Crippen LogP contribution in [0, 0.1) is 5.41 Å².